The molecule has 0 spiro atoms. The van der Waals surface area contributed by atoms with Gasteiger partial charge in [0.25, 0.3) is 0 Å². The van der Waals surface area contributed by atoms with Crippen LogP contribution in [0.5, 0.6) is 0 Å². The first kappa shape index (κ1) is 20.0. The summed E-state index contributed by atoms with van der Waals surface area (Å²) in [5.74, 6) is -0.399. The Morgan fingerprint density at radius 2 is 1.82 bits per heavy atom. The van der Waals surface area contributed by atoms with Crippen molar-refractivity contribution in [3.63, 3.8) is 0 Å². The van der Waals surface area contributed by atoms with Crippen LogP contribution in [0.4, 0.5) is 5.69 Å². The van der Waals surface area contributed by atoms with Crippen LogP contribution in [0.2, 0.25) is 0 Å². The number of pyridine rings is 1. The Labute approximate surface area is 165 Å². The van der Waals surface area contributed by atoms with Crippen LogP contribution in [0.25, 0.3) is 10.9 Å². The molecule has 0 radical (unpaired) electrons. The topological polar surface area (TPSA) is 79.4 Å². The standard InChI is InChI=1S/C21H23N3O3S/c1-14-11-17-8-6-10-19(21(17)22-12-14)28(26,27)24(4)13-20(25)23-18-9-5-7-15(2)16(18)3/h5-12H,13H2,1-4H3,(H,23,25). The van der Waals surface area contributed by atoms with Crippen LogP contribution in [0.3, 0.4) is 0 Å². The molecule has 0 aliphatic heterocycles. The lowest BCUT2D eigenvalue weighted by molar-refractivity contribution is -0.116. The molecule has 0 saturated heterocycles. The summed E-state index contributed by atoms with van der Waals surface area (Å²) in [5.41, 5.74) is 4.03. The lowest BCUT2D eigenvalue weighted by Gasteiger charge is -2.18. The molecule has 0 aliphatic carbocycles. The van der Waals surface area contributed by atoms with Crippen molar-refractivity contribution in [3.8, 4) is 0 Å². The molecular weight excluding hydrogens is 374 g/mol. The first-order valence-electron chi connectivity index (χ1n) is 8.88. The molecule has 3 rings (SSSR count). The van der Waals surface area contributed by atoms with Crippen LogP contribution in [-0.4, -0.2) is 37.2 Å². The van der Waals surface area contributed by atoms with E-state index in [2.05, 4.69) is 10.3 Å². The van der Waals surface area contributed by atoms with E-state index in [0.29, 0.717) is 11.2 Å². The van der Waals surface area contributed by atoms with E-state index in [9.17, 15) is 13.2 Å². The van der Waals surface area contributed by atoms with E-state index in [1.165, 1.54) is 13.1 Å². The molecule has 1 amide bonds. The van der Waals surface area contributed by atoms with Crippen molar-refractivity contribution >= 4 is 32.5 Å². The third kappa shape index (κ3) is 3.90. The Morgan fingerprint density at radius 1 is 1.11 bits per heavy atom. The number of carbonyl (C=O) groups excluding carboxylic acids is 1. The second kappa shape index (κ2) is 7.69. The molecule has 3 aromatic rings. The van der Waals surface area contributed by atoms with Gasteiger partial charge in [-0.1, -0.05) is 24.3 Å². The number of rotatable bonds is 5. The number of carbonyl (C=O) groups is 1. The van der Waals surface area contributed by atoms with Gasteiger partial charge < -0.3 is 5.32 Å². The van der Waals surface area contributed by atoms with E-state index in [4.69, 9.17) is 0 Å². The zero-order valence-electron chi connectivity index (χ0n) is 16.4. The second-order valence-corrected chi connectivity index (χ2v) is 8.91. The van der Waals surface area contributed by atoms with Crippen LogP contribution >= 0.6 is 0 Å². The van der Waals surface area contributed by atoms with Gasteiger partial charge in [-0.2, -0.15) is 4.31 Å². The molecule has 0 saturated carbocycles. The Morgan fingerprint density at radius 3 is 2.57 bits per heavy atom. The summed E-state index contributed by atoms with van der Waals surface area (Å²) in [6.07, 6.45) is 1.63. The summed E-state index contributed by atoms with van der Waals surface area (Å²) in [6.45, 7) is 5.47. The first-order chi connectivity index (χ1) is 13.2. The number of aryl methyl sites for hydroxylation is 2. The monoisotopic (exact) mass is 397 g/mol. The number of likely N-dealkylation sites (N-methyl/N-ethyl adjacent to an activating group) is 1. The third-order valence-corrected chi connectivity index (χ3v) is 6.58. The zero-order valence-corrected chi connectivity index (χ0v) is 17.2. The zero-order chi connectivity index (χ0) is 20.5. The number of amides is 1. The Hall–Kier alpha value is -2.77. The molecule has 1 aromatic heterocycles. The van der Waals surface area contributed by atoms with Gasteiger partial charge in [-0.3, -0.25) is 9.78 Å². The van der Waals surface area contributed by atoms with Gasteiger partial charge in [-0.25, -0.2) is 8.42 Å². The number of sulfonamides is 1. The van der Waals surface area contributed by atoms with Crippen molar-refractivity contribution < 1.29 is 13.2 Å². The second-order valence-electron chi connectivity index (χ2n) is 6.90. The molecule has 2 aromatic carbocycles. The number of para-hydroxylation sites is 1. The molecule has 7 heteroatoms. The quantitative estimate of drug-likeness (QED) is 0.715. The molecule has 0 aliphatic rings. The molecule has 1 N–H and O–H groups in total. The first-order valence-corrected chi connectivity index (χ1v) is 10.3. The molecule has 0 unspecified atom stereocenters. The Balaban J connectivity index is 1.84. The van der Waals surface area contributed by atoms with Gasteiger partial charge in [0.2, 0.25) is 15.9 Å². The van der Waals surface area contributed by atoms with E-state index in [-0.39, 0.29) is 11.4 Å². The van der Waals surface area contributed by atoms with Gasteiger partial charge in [0.1, 0.15) is 4.90 Å². The number of hydrogen-bond acceptors (Lipinski definition) is 4. The fraction of sp³-hybridized carbons (Fsp3) is 0.238. The van der Waals surface area contributed by atoms with Crippen molar-refractivity contribution in [3.05, 3.63) is 65.4 Å². The van der Waals surface area contributed by atoms with Gasteiger partial charge in [-0.15, -0.1) is 0 Å². The van der Waals surface area contributed by atoms with Gasteiger partial charge in [0.15, 0.2) is 0 Å². The number of benzene rings is 2. The van der Waals surface area contributed by atoms with E-state index in [1.54, 1.807) is 18.3 Å². The van der Waals surface area contributed by atoms with E-state index < -0.39 is 15.9 Å². The lowest BCUT2D eigenvalue weighted by Crippen LogP contribution is -2.35. The summed E-state index contributed by atoms with van der Waals surface area (Å²) in [5, 5.41) is 3.53. The van der Waals surface area contributed by atoms with Gasteiger partial charge in [0, 0.05) is 24.3 Å². The maximum Gasteiger partial charge on any atom is 0.245 e. The van der Waals surface area contributed by atoms with Gasteiger partial charge in [-0.05, 0) is 55.7 Å². The molecule has 28 heavy (non-hydrogen) atoms. The number of fused-ring (bicyclic) bond motifs is 1. The van der Waals surface area contributed by atoms with Gasteiger partial charge >= 0.3 is 0 Å². The third-order valence-electron chi connectivity index (χ3n) is 4.74. The minimum absolute atomic E-state index is 0.0898. The minimum atomic E-state index is -3.87. The smallest absolute Gasteiger partial charge is 0.245 e. The molecule has 1 heterocycles. The van der Waals surface area contributed by atoms with E-state index >= 15 is 0 Å². The predicted molar refractivity (Wildman–Crippen MR) is 111 cm³/mol. The van der Waals surface area contributed by atoms with Crippen molar-refractivity contribution in [1.29, 1.82) is 0 Å². The highest BCUT2D eigenvalue weighted by Crippen LogP contribution is 2.24. The summed E-state index contributed by atoms with van der Waals surface area (Å²) in [6, 6.07) is 12.5. The van der Waals surface area contributed by atoms with E-state index in [1.807, 2.05) is 45.0 Å². The largest absolute Gasteiger partial charge is 0.325 e. The number of aromatic nitrogens is 1. The van der Waals surface area contributed by atoms with Crippen molar-refractivity contribution in [1.82, 2.24) is 9.29 Å². The highest BCUT2D eigenvalue weighted by molar-refractivity contribution is 7.89. The number of hydrogen-bond donors (Lipinski definition) is 1. The fourth-order valence-electron chi connectivity index (χ4n) is 2.98. The average Bonchev–Trinajstić information content (AvgIpc) is 2.64. The van der Waals surface area contributed by atoms with Crippen LogP contribution in [-0.2, 0) is 14.8 Å². The molecular formula is C21H23N3O3S. The summed E-state index contributed by atoms with van der Waals surface area (Å²) in [4.78, 5) is 16.8. The molecule has 6 nitrogen and oxygen atoms in total. The number of nitrogens with one attached hydrogen (secondary N) is 1. The van der Waals surface area contributed by atoms with Gasteiger partial charge in [0.05, 0.1) is 12.1 Å². The highest BCUT2D eigenvalue weighted by atomic mass is 32.2. The Bertz CT molecular complexity index is 1160. The van der Waals surface area contributed by atoms with Crippen molar-refractivity contribution in [2.45, 2.75) is 25.7 Å². The van der Waals surface area contributed by atoms with Crippen molar-refractivity contribution in [2.75, 3.05) is 18.9 Å². The van der Waals surface area contributed by atoms with Crippen molar-refractivity contribution in [2.24, 2.45) is 0 Å². The Kier molecular flexibility index (Phi) is 5.49. The molecule has 0 fully saturated rings. The molecule has 146 valence electrons. The predicted octanol–water partition coefficient (Wildman–Crippen LogP) is 3.42. The SMILES string of the molecule is Cc1cnc2c(S(=O)(=O)N(C)CC(=O)Nc3cccc(C)c3C)cccc2c1. The molecule has 0 atom stereocenters. The number of nitrogens with zero attached hydrogens (tertiary/aromatic N) is 2. The maximum absolute atomic E-state index is 13.0. The minimum Gasteiger partial charge on any atom is -0.325 e. The normalized spacial score (nSPS) is 11.8. The van der Waals surface area contributed by atoms with Crippen LogP contribution < -0.4 is 5.32 Å². The van der Waals surface area contributed by atoms with Crippen LogP contribution in [0.1, 0.15) is 16.7 Å². The average molecular weight is 398 g/mol. The molecule has 0 bridgehead atoms. The summed E-state index contributed by atoms with van der Waals surface area (Å²) >= 11 is 0. The van der Waals surface area contributed by atoms with E-state index in [0.717, 1.165) is 26.4 Å². The summed E-state index contributed by atoms with van der Waals surface area (Å²) in [7, 11) is -2.48. The lowest BCUT2D eigenvalue weighted by atomic mass is 10.1. The highest BCUT2D eigenvalue weighted by Gasteiger charge is 2.25. The maximum atomic E-state index is 13.0. The van der Waals surface area contributed by atoms with Crippen LogP contribution in [0, 0.1) is 20.8 Å². The number of anilines is 1. The summed E-state index contributed by atoms with van der Waals surface area (Å²) < 4.78 is 27.1. The van der Waals surface area contributed by atoms with Crippen LogP contribution in [0.15, 0.2) is 53.6 Å². The fourth-order valence-corrected chi connectivity index (χ4v) is 4.27.